The highest BCUT2D eigenvalue weighted by atomic mass is 14.5. The molecular weight excluding hydrogens is 206 g/mol. The smallest absolute Gasteiger partial charge is 0.0322 e. The Morgan fingerprint density at radius 3 is 2.35 bits per heavy atom. The molecule has 1 heteroatoms. The van der Waals surface area contributed by atoms with Crippen molar-refractivity contribution in [2.45, 2.75) is 26.7 Å². The van der Waals surface area contributed by atoms with Crippen LogP contribution in [0.4, 0.5) is 5.69 Å². The highest BCUT2D eigenvalue weighted by molar-refractivity contribution is 5.71. The van der Waals surface area contributed by atoms with Gasteiger partial charge in [-0.15, -0.1) is 0 Å². The number of rotatable bonds is 2. The third-order valence-electron chi connectivity index (χ3n) is 2.99. The maximum absolute atomic E-state index is 5.92. The van der Waals surface area contributed by atoms with Gasteiger partial charge in [0, 0.05) is 5.69 Å². The van der Waals surface area contributed by atoms with Crippen LogP contribution in [0.3, 0.4) is 0 Å². The van der Waals surface area contributed by atoms with Gasteiger partial charge in [-0.1, -0.05) is 44.2 Å². The Morgan fingerprint density at radius 2 is 1.71 bits per heavy atom. The van der Waals surface area contributed by atoms with E-state index < -0.39 is 0 Å². The highest BCUT2D eigenvalue weighted by Crippen LogP contribution is 2.30. The van der Waals surface area contributed by atoms with Crippen LogP contribution in [0.1, 0.15) is 30.9 Å². The first-order valence-corrected chi connectivity index (χ1v) is 6.04. The summed E-state index contributed by atoms with van der Waals surface area (Å²) < 4.78 is 0. The van der Waals surface area contributed by atoms with Gasteiger partial charge < -0.3 is 5.73 Å². The third kappa shape index (κ3) is 2.50. The molecule has 17 heavy (non-hydrogen) atoms. The molecule has 0 spiro atoms. The van der Waals surface area contributed by atoms with E-state index in [9.17, 15) is 0 Å². The molecule has 0 aliphatic rings. The first kappa shape index (κ1) is 11.7. The minimum Gasteiger partial charge on any atom is -0.399 e. The van der Waals surface area contributed by atoms with Gasteiger partial charge in [-0.05, 0) is 47.2 Å². The van der Waals surface area contributed by atoms with Crippen LogP contribution >= 0.6 is 0 Å². The molecule has 0 radical (unpaired) electrons. The molecule has 0 aliphatic heterocycles. The molecular formula is C16H19N. The van der Waals surface area contributed by atoms with Gasteiger partial charge in [-0.3, -0.25) is 0 Å². The second kappa shape index (κ2) is 4.62. The molecule has 0 bridgehead atoms. The summed E-state index contributed by atoms with van der Waals surface area (Å²) in [5, 5.41) is 0. The summed E-state index contributed by atoms with van der Waals surface area (Å²) in [6.45, 7) is 6.52. The Hall–Kier alpha value is -1.76. The lowest BCUT2D eigenvalue weighted by atomic mass is 9.92. The van der Waals surface area contributed by atoms with E-state index in [-0.39, 0.29) is 0 Å². The van der Waals surface area contributed by atoms with Crippen molar-refractivity contribution in [3.8, 4) is 11.1 Å². The van der Waals surface area contributed by atoms with Crippen molar-refractivity contribution in [2.75, 3.05) is 5.73 Å². The number of hydrogen-bond donors (Lipinski definition) is 1. The van der Waals surface area contributed by atoms with E-state index in [0.717, 1.165) is 5.69 Å². The SMILES string of the molecule is Cc1cc(N)cc(-c2ccccc2C(C)C)c1. The number of hydrogen-bond acceptors (Lipinski definition) is 1. The van der Waals surface area contributed by atoms with Gasteiger partial charge in [0.15, 0.2) is 0 Å². The summed E-state index contributed by atoms with van der Waals surface area (Å²) in [4.78, 5) is 0. The molecule has 0 aliphatic carbocycles. The van der Waals surface area contributed by atoms with Crippen molar-refractivity contribution >= 4 is 5.69 Å². The van der Waals surface area contributed by atoms with Crippen molar-refractivity contribution in [3.05, 3.63) is 53.6 Å². The van der Waals surface area contributed by atoms with Gasteiger partial charge in [0.2, 0.25) is 0 Å². The van der Waals surface area contributed by atoms with Crippen molar-refractivity contribution in [3.63, 3.8) is 0 Å². The van der Waals surface area contributed by atoms with Gasteiger partial charge >= 0.3 is 0 Å². The van der Waals surface area contributed by atoms with Crippen molar-refractivity contribution in [1.29, 1.82) is 0 Å². The monoisotopic (exact) mass is 225 g/mol. The number of nitrogens with two attached hydrogens (primary N) is 1. The summed E-state index contributed by atoms with van der Waals surface area (Å²) in [6, 6.07) is 14.8. The summed E-state index contributed by atoms with van der Waals surface area (Å²) >= 11 is 0. The fourth-order valence-corrected chi connectivity index (χ4v) is 2.23. The van der Waals surface area contributed by atoms with Crippen LogP contribution in [-0.2, 0) is 0 Å². The summed E-state index contributed by atoms with van der Waals surface area (Å²) in [5.41, 5.74) is 11.8. The lowest BCUT2D eigenvalue weighted by Gasteiger charge is -2.13. The lowest BCUT2D eigenvalue weighted by Crippen LogP contribution is -1.94. The molecule has 0 atom stereocenters. The molecule has 0 aromatic heterocycles. The van der Waals surface area contributed by atoms with E-state index in [1.54, 1.807) is 0 Å². The molecule has 0 saturated heterocycles. The van der Waals surface area contributed by atoms with Crippen LogP contribution < -0.4 is 5.73 Å². The zero-order valence-corrected chi connectivity index (χ0v) is 10.7. The van der Waals surface area contributed by atoms with Crippen molar-refractivity contribution in [1.82, 2.24) is 0 Å². The Labute approximate surface area is 103 Å². The predicted molar refractivity (Wildman–Crippen MR) is 75.1 cm³/mol. The third-order valence-corrected chi connectivity index (χ3v) is 2.99. The first-order valence-electron chi connectivity index (χ1n) is 6.04. The first-order chi connectivity index (χ1) is 8.08. The van der Waals surface area contributed by atoms with E-state index in [1.165, 1.54) is 22.3 Å². The van der Waals surface area contributed by atoms with Crippen LogP contribution in [0.25, 0.3) is 11.1 Å². The highest BCUT2D eigenvalue weighted by Gasteiger charge is 2.08. The van der Waals surface area contributed by atoms with Gasteiger partial charge in [0.05, 0.1) is 0 Å². The van der Waals surface area contributed by atoms with Gasteiger partial charge in [0.1, 0.15) is 0 Å². The molecule has 0 heterocycles. The fraction of sp³-hybridized carbons (Fsp3) is 0.250. The Kier molecular flexibility index (Phi) is 3.19. The molecule has 0 amide bonds. The normalized spacial score (nSPS) is 10.8. The number of benzene rings is 2. The minimum atomic E-state index is 0.521. The van der Waals surface area contributed by atoms with Crippen molar-refractivity contribution in [2.24, 2.45) is 0 Å². The molecule has 2 aromatic rings. The molecule has 0 unspecified atom stereocenters. The Morgan fingerprint density at radius 1 is 1.00 bits per heavy atom. The maximum atomic E-state index is 5.92. The fourth-order valence-electron chi connectivity index (χ4n) is 2.23. The van der Waals surface area contributed by atoms with E-state index in [2.05, 4.69) is 51.1 Å². The number of nitrogen functional groups attached to an aromatic ring is 1. The van der Waals surface area contributed by atoms with E-state index in [4.69, 9.17) is 5.73 Å². The summed E-state index contributed by atoms with van der Waals surface area (Å²) in [5.74, 6) is 0.521. The minimum absolute atomic E-state index is 0.521. The summed E-state index contributed by atoms with van der Waals surface area (Å²) in [6.07, 6.45) is 0. The van der Waals surface area contributed by atoms with E-state index in [0.29, 0.717) is 5.92 Å². The van der Waals surface area contributed by atoms with Crippen LogP contribution in [-0.4, -0.2) is 0 Å². The van der Waals surface area contributed by atoms with Gasteiger partial charge in [-0.25, -0.2) is 0 Å². The number of anilines is 1. The zero-order chi connectivity index (χ0) is 12.4. The van der Waals surface area contributed by atoms with Crippen LogP contribution in [0.2, 0.25) is 0 Å². The summed E-state index contributed by atoms with van der Waals surface area (Å²) in [7, 11) is 0. The quantitative estimate of drug-likeness (QED) is 0.755. The van der Waals surface area contributed by atoms with Crippen LogP contribution in [0.15, 0.2) is 42.5 Å². The zero-order valence-electron chi connectivity index (χ0n) is 10.7. The molecule has 2 rings (SSSR count). The maximum Gasteiger partial charge on any atom is 0.0322 e. The number of aryl methyl sites for hydroxylation is 1. The topological polar surface area (TPSA) is 26.0 Å². The average molecular weight is 225 g/mol. The lowest BCUT2D eigenvalue weighted by molar-refractivity contribution is 0.869. The molecule has 0 saturated carbocycles. The second-order valence-electron chi connectivity index (χ2n) is 4.87. The standard InChI is InChI=1S/C16H19N/c1-11(2)15-6-4-5-7-16(15)13-8-12(3)9-14(17)10-13/h4-11H,17H2,1-3H3. The van der Waals surface area contributed by atoms with Gasteiger partial charge in [-0.2, -0.15) is 0 Å². The van der Waals surface area contributed by atoms with Gasteiger partial charge in [0.25, 0.3) is 0 Å². The molecule has 2 aromatic carbocycles. The Bertz CT molecular complexity index is 507. The molecule has 2 N–H and O–H groups in total. The average Bonchev–Trinajstić information content (AvgIpc) is 2.27. The van der Waals surface area contributed by atoms with Crippen LogP contribution in [0.5, 0.6) is 0 Å². The molecule has 1 nitrogen and oxygen atoms in total. The largest absolute Gasteiger partial charge is 0.399 e. The Balaban J connectivity index is 2.60. The molecule has 0 fully saturated rings. The van der Waals surface area contributed by atoms with E-state index in [1.807, 2.05) is 12.1 Å². The molecule has 88 valence electrons. The van der Waals surface area contributed by atoms with Crippen LogP contribution in [0, 0.1) is 6.92 Å². The predicted octanol–water partition coefficient (Wildman–Crippen LogP) is 4.37. The van der Waals surface area contributed by atoms with Crippen molar-refractivity contribution < 1.29 is 0 Å². The second-order valence-corrected chi connectivity index (χ2v) is 4.87. The van der Waals surface area contributed by atoms with E-state index >= 15 is 0 Å².